The number of nitrogens with one attached hydrogen (secondary N) is 3. The fourth-order valence-corrected chi connectivity index (χ4v) is 3.97. The summed E-state index contributed by atoms with van der Waals surface area (Å²) >= 11 is 6.14. The first kappa shape index (κ1) is 20.7. The van der Waals surface area contributed by atoms with Gasteiger partial charge in [-0.2, -0.15) is 0 Å². The van der Waals surface area contributed by atoms with Crippen LogP contribution in [0.3, 0.4) is 0 Å². The molecule has 0 radical (unpaired) electrons. The molecule has 8 nitrogen and oxygen atoms in total. The molecular formula is C22H21ClN4O4. The molecule has 9 heteroatoms. The van der Waals surface area contributed by atoms with E-state index in [-0.39, 0.29) is 30.8 Å². The number of aromatic nitrogens is 1. The van der Waals surface area contributed by atoms with Crippen molar-refractivity contribution >= 4 is 45.9 Å². The second kappa shape index (κ2) is 8.31. The van der Waals surface area contributed by atoms with Crippen LogP contribution in [-0.2, 0) is 16.1 Å². The summed E-state index contributed by atoms with van der Waals surface area (Å²) in [6.07, 6.45) is 2.23. The van der Waals surface area contributed by atoms with Crippen LogP contribution in [0.4, 0.5) is 10.5 Å². The van der Waals surface area contributed by atoms with Crippen LogP contribution in [0.2, 0.25) is 5.02 Å². The van der Waals surface area contributed by atoms with Crippen LogP contribution < -0.4 is 16.0 Å². The van der Waals surface area contributed by atoms with Crippen LogP contribution in [0.15, 0.2) is 42.6 Å². The van der Waals surface area contributed by atoms with Gasteiger partial charge in [0.25, 0.3) is 0 Å². The third kappa shape index (κ3) is 4.20. The van der Waals surface area contributed by atoms with Crippen molar-refractivity contribution in [1.29, 1.82) is 0 Å². The molecule has 1 atom stereocenters. The van der Waals surface area contributed by atoms with Crippen molar-refractivity contribution in [2.24, 2.45) is 0 Å². The van der Waals surface area contributed by atoms with Crippen LogP contribution in [-0.4, -0.2) is 27.5 Å². The fourth-order valence-electron chi connectivity index (χ4n) is 3.70. The molecule has 0 aliphatic carbocycles. The molecule has 1 unspecified atom stereocenters. The molecule has 4 amide bonds. The number of para-hydroxylation sites is 1. The minimum absolute atomic E-state index is 0.0315. The van der Waals surface area contributed by atoms with Crippen LogP contribution >= 0.6 is 11.6 Å². The van der Waals surface area contributed by atoms with Crippen molar-refractivity contribution in [1.82, 2.24) is 15.2 Å². The Balaban J connectivity index is 1.47. The van der Waals surface area contributed by atoms with E-state index in [9.17, 15) is 19.5 Å². The lowest BCUT2D eigenvalue weighted by atomic mass is 10.1. The fraction of sp³-hybridized carbons (Fsp3) is 0.227. The molecule has 1 aliphatic rings. The van der Waals surface area contributed by atoms with Gasteiger partial charge in [0.15, 0.2) is 5.88 Å². The molecule has 2 aromatic carbocycles. The Hall–Kier alpha value is -3.52. The lowest BCUT2D eigenvalue weighted by Gasteiger charge is -2.22. The molecule has 0 bridgehead atoms. The molecule has 1 aliphatic heterocycles. The van der Waals surface area contributed by atoms with Gasteiger partial charge in [-0.25, -0.2) is 4.79 Å². The summed E-state index contributed by atoms with van der Waals surface area (Å²) in [5.74, 6) is -0.771. The smallest absolute Gasteiger partial charge is 0.319 e. The van der Waals surface area contributed by atoms with Gasteiger partial charge in [0.05, 0.1) is 10.7 Å². The average Bonchev–Trinajstić information content (AvgIpc) is 3.05. The Bertz CT molecular complexity index is 1180. The standard InChI is InChI=1S/C22H21ClN4O4/c1-12-3-2-4-16(23)19(12)26-22(31)24-10-13-5-6-15-14(9-13)11-27(21(15)30)17-7-8-18(28)25-20(17)29/h2-6,9,11,17,30H,7-8,10H2,1H3,(H2,24,26,31)(H,25,28,29). The molecule has 160 valence electrons. The third-order valence-electron chi connectivity index (χ3n) is 5.34. The van der Waals surface area contributed by atoms with Gasteiger partial charge in [0, 0.05) is 29.9 Å². The quantitative estimate of drug-likeness (QED) is 0.464. The van der Waals surface area contributed by atoms with Crippen molar-refractivity contribution in [2.75, 3.05) is 5.32 Å². The number of carbonyl (C=O) groups excluding carboxylic acids is 3. The normalized spacial score (nSPS) is 16.3. The van der Waals surface area contributed by atoms with Crippen molar-refractivity contribution in [3.05, 3.63) is 58.7 Å². The van der Waals surface area contributed by atoms with E-state index in [1.165, 1.54) is 4.57 Å². The summed E-state index contributed by atoms with van der Waals surface area (Å²) in [4.78, 5) is 35.8. The topological polar surface area (TPSA) is 112 Å². The van der Waals surface area contributed by atoms with Crippen molar-refractivity contribution in [3.8, 4) is 5.88 Å². The number of hydrogen-bond donors (Lipinski definition) is 4. The zero-order valence-corrected chi connectivity index (χ0v) is 17.5. The predicted octanol–water partition coefficient (Wildman–Crippen LogP) is 3.61. The maximum Gasteiger partial charge on any atom is 0.319 e. The summed E-state index contributed by atoms with van der Waals surface area (Å²) < 4.78 is 1.48. The first-order valence-electron chi connectivity index (χ1n) is 9.79. The number of halogens is 1. The van der Waals surface area contributed by atoms with E-state index in [0.29, 0.717) is 22.5 Å². The number of anilines is 1. The van der Waals surface area contributed by atoms with Gasteiger partial charge in [0.1, 0.15) is 6.04 Å². The highest BCUT2D eigenvalue weighted by Gasteiger charge is 2.30. The first-order valence-corrected chi connectivity index (χ1v) is 10.2. The van der Waals surface area contributed by atoms with E-state index < -0.39 is 11.9 Å². The SMILES string of the molecule is Cc1cccc(Cl)c1NC(=O)NCc1ccc2c(O)n(C3CCC(=O)NC3=O)cc2c1. The number of piperidine rings is 1. The lowest BCUT2D eigenvalue weighted by Crippen LogP contribution is -2.41. The number of benzene rings is 2. The summed E-state index contributed by atoms with van der Waals surface area (Å²) in [6, 6.07) is 9.70. The zero-order chi connectivity index (χ0) is 22.1. The number of fused-ring (bicyclic) bond motifs is 1. The minimum Gasteiger partial charge on any atom is -0.494 e. The molecule has 1 saturated heterocycles. The lowest BCUT2D eigenvalue weighted by molar-refractivity contribution is -0.135. The number of amides is 4. The van der Waals surface area contributed by atoms with E-state index in [1.54, 1.807) is 24.4 Å². The third-order valence-corrected chi connectivity index (χ3v) is 5.65. The van der Waals surface area contributed by atoms with Crippen LogP contribution in [0, 0.1) is 6.92 Å². The van der Waals surface area contributed by atoms with E-state index in [0.717, 1.165) is 16.5 Å². The molecule has 2 heterocycles. The monoisotopic (exact) mass is 440 g/mol. The maximum absolute atomic E-state index is 12.3. The molecular weight excluding hydrogens is 420 g/mol. The van der Waals surface area contributed by atoms with E-state index in [1.807, 2.05) is 25.1 Å². The number of aromatic hydroxyl groups is 1. The van der Waals surface area contributed by atoms with Crippen LogP contribution in [0.5, 0.6) is 5.88 Å². The Morgan fingerprint density at radius 1 is 1.29 bits per heavy atom. The number of rotatable bonds is 4. The number of hydrogen-bond acceptors (Lipinski definition) is 4. The molecule has 4 N–H and O–H groups in total. The van der Waals surface area contributed by atoms with Crippen molar-refractivity contribution in [2.45, 2.75) is 32.4 Å². The highest BCUT2D eigenvalue weighted by atomic mass is 35.5. The Labute approximate surface area is 183 Å². The summed E-state index contributed by atoms with van der Waals surface area (Å²) in [7, 11) is 0. The number of aryl methyl sites for hydroxylation is 1. The van der Waals surface area contributed by atoms with Crippen LogP contribution in [0.1, 0.15) is 30.0 Å². The highest BCUT2D eigenvalue weighted by Crippen LogP contribution is 2.33. The van der Waals surface area contributed by atoms with Gasteiger partial charge in [0.2, 0.25) is 11.8 Å². The molecule has 0 spiro atoms. The van der Waals surface area contributed by atoms with Gasteiger partial charge >= 0.3 is 6.03 Å². The average molecular weight is 441 g/mol. The first-order chi connectivity index (χ1) is 14.8. The molecule has 0 saturated carbocycles. The maximum atomic E-state index is 12.3. The van der Waals surface area contributed by atoms with E-state index >= 15 is 0 Å². The molecule has 1 aromatic heterocycles. The Kier molecular flexibility index (Phi) is 5.56. The Morgan fingerprint density at radius 2 is 2.10 bits per heavy atom. The summed E-state index contributed by atoms with van der Waals surface area (Å²) in [5, 5.41) is 20.2. The van der Waals surface area contributed by atoms with Crippen molar-refractivity contribution in [3.63, 3.8) is 0 Å². The van der Waals surface area contributed by atoms with Gasteiger partial charge in [-0.3, -0.25) is 14.9 Å². The van der Waals surface area contributed by atoms with Gasteiger partial charge in [-0.1, -0.05) is 29.8 Å². The van der Waals surface area contributed by atoms with E-state index in [2.05, 4.69) is 16.0 Å². The van der Waals surface area contributed by atoms with Gasteiger partial charge < -0.3 is 20.3 Å². The summed E-state index contributed by atoms with van der Waals surface area (Å²) in [6.45, 7) is 2.12. The predicted molar refractivity (Wildman–Crippen MR) is 117 cm³/mol. The second-order valence-corrected chi connectivity index (χ2v) is 7.90. The minimum atomic E-state index is -0.642. The molecule has 4 rings (SSSR count). The number of carbonyl (C=O) groups is 3. The molecule has 1 fully saturated rings. The largest absolute Gasteiger partial charge is 0.494 e. The summed E-state index contributed by atoms with van der Waals surface area (Å²) in [5.41, 5.74) is 2.23. The van der Waals surface area contributed by atoms with Crippen LogP contribution in [0.25, 0.3) is 10.8 Å². The zero-order valence-electron chi connectivity index (χ0n) is 16.7. The second-order valence-electron chi connectivity index (χ2n) is 7.49. The van der Waals surface area contributed by atoms with Gasteiger partial charge in [-0.15, -0.1) is 0 Å². The molecule has 31 heavy (non-hydrogen) atoms. The van der Waals surface area contributed by atoms with Gasteiger partial charge in [-0.05, 0) is 42.7 Å². The number of urea groups is 1. The number of nitrogens with zero attached hydrogens (tertiary/aromatic N) is 1. The highest BCUT2D eigenvalue weighted by molar-refractivity contribution is 6.33. The molecule has 3 aromatic rings. The number of imide groups is 1. The Morgan fingerprint density at radius 3 is 2.84 bits per heavy atom. The van der Waals surface area contributed by atoms with Crippen molar-refractivity contribution < 1.29 is 19.5 Å². The van der Waals surface area contributed by atoms with E-state index in [4.69, 9.17) is 11.6 Å².